The first-order chi connectivity index (χ1) is 5.41. The molecular weight excluding hydrogens is 214 g/mol. The molecule has 0 N–H and O–H groups in total. The average molecular weight is 224 g/mol. The van der Waals surface area contributed by atoms with Crippen LogP contribution in [0.4, 0.5) is 0 Å². The molecule has 0 amide bonds. The van der Waals surface area contributed by atoms with E-state index in [1.807, 2.05) is 0 Å². The Morgan fingerprint density at radius 3 is 2.64 bits per heavy atom. The Morgan fingerprint density at radius 1 is 1.27 bits per heavy atom. The molecule has 0 aliphatic heterocycles. The van der Waals surface area contributed by atoms with Gasteiger partial charge in [0.05, 0.1) is 19.8 Å². The smallest absolute Gasteiger partial charge is 0.102 e. The van der Waals surface area contributed by atoms with Gasteiger partial charge in [-0.3, -0.25) is 0 Å². The van der Waals surface area contributed by atoms with Gasteiger partial charge in [0.2, 0.25) is 0 Å². The van der Waals surface area contributed by atoms with Gasteiger partial charge in [-0.15, -0.1) is 0 Å². The average Bonchev–Trinajstić information content (AvgIpc) is 2.03. The van der Waals surface area contributed by atoms with Gasteiger partial charge in [0.1, 0.15) is 5.52 Å². The van der Waals surface area contributed by atoms with Crippen LogP contribution in [0.15, 0.2) is 5.11 Å². The van der Waals surface area contributed by atoms with Crippen molar-refractivity contribution in [3.05, 3.63) is 10.4 Å². The van der Waals surface area contributed by atoms with E-state index in [2.05, 4.69) is 26.0 Å². The zero-order valence-electron chi connectivity index (χ0n) is 6.07. The number of halogens is 1. The summed E-state index contributed by atoms with van der Waals surface area (Å²) in [5, 5.41) is 3.30. The van der Waals surface area contributed by atoms with E-state index in [0.717, 1.165) is 0 Å². The molecule has 0 aromatic heterocycles. The van der Waals surface area contributed by atoms with Crippen molar-refractivity contribution in [1.29, 1.82) is 0 Å². The molecule has 0 atom stereocenters. The summed E-state index contributed by atoms with van der Waals surface area (Å²) in [6.07, 6.45) is 0. The maximum atomic E-state index is 7.88. The topological polar surface area (TPSA) is 67.2 Å². The minimum atomic E-state index is 0.380. The zero-order valence-corrected chi connectivity index (χ0v) is 7.66. The largest absolute Gasteiger partial charge is 0.379 e. The minimum absolute atomic E-state index is 0.380. The van der Waals surface area contributed by atoms with Crippen LogP contribution in [-0.4, -0.2) is 31.9 Å². The van der Waals surface area contributed by atoms with Gasteiger partial charge >= 0.3 is 0 Å². The molecule has 11 heavy (non-hydrogen) atoms. The zero-order chi connectivity index (χ0) is 8.36. The van der Waals surface area contributed by atoms with Crippen molar-refractivity contribution in [2.75, 3.05) is 31.9 Å². The molecule has 0 aliphatic rings. The van der Waals surface area contributed by atoms with Gasteiger partial charge in [-0.1, -0.05) is 21.0 Å². The lowest BCUT2D eigenvalue weighted by atomic mass is 10.7. The normalized spacial score (nSPS) is 9.18. The Morgan fingerprint density at radius 2 is 2.00 bits per heavy atom. The van der Waals surface area contributed by atoms with Crippen LogP contribution in [0.1, 0.15) is 0 Å². The molecule has 0 spiro atoms. The molecule has 0 heterocycles. The fraction of sp³-hybridized carbons (Fsp3) is 1.00. The van der Waals surface area contributed by atoms with Gasteiger partial charge < -0.3 is 9.47 Å². The fourth-order valence-corrected chi connectivity index (χ4v) is 0.653. The van der Waals surface area contributed by atoms with Crippen LogP contribution >= 0.6 is 15.9 Å². The van der Waals surface area contributed by atoms with Crippen LogP contribution in [0, 0.1) is 0 Å². The highest BCUT2D eigenvalue weighted by molar-refractivity contribution is 9.09. The summed E-state index contributed by atoms with van der Waals surface area (Å²) < 4.78 is 9.96. The number of rotatable bonds is 7. The summed E-state index contributed by atoms with van der Waals surface area (Å²) in [4.78, 5) is 2.58. The molecule has 0 saturated heterocycles. The van der Waals surface area contributed by atoms with Crippen LogP contribution in [0.5, 0.6) is 0 Å². The Bertz CT molecular complexity index is 127. The quantitative estimate of drug-likeness (QED) is 0.217. The standard InChI is InChI=1S/C5H10BrN3O2/c6-5-11-4-3-10-2-1-8-9-7/h1-5H2. The summed E-state index contributed by atoms with van der Waals surface area (Å²) in [6.45, 7) is 1.93. The van der Waals surface area contributed by atoms with E-state index in [1.54, 1.807) is 0 Å². The lowest BCUT2D eigenvalue weighted by Crippen LogP contribution is -2.05. The minimum Gasteiger partial charge on any atom is -0.379 e. The summed E-state index contributed by atoms with van der Waals surface area (Å²) >= 11 is 3.10. The van der Waals surface area contributed by atoms with Gasteiger partial charge in [0, 0.05) is 11.5 Å². The van der Waals surface area contributed by atoms with Gasteiger partial charge in [-0.05, 0) is 5.53 Å². The second-order valence-electron chi connectivity index (χ2n) is 1.58. The first kappa shape index (κ1) is 10.7. The van der Waals surface area contributed by atoms with Gasteiger partial charge in [0.25, 0.3) is 0 Å². The van der Waals surface area contributed by atoms with E-state index in [-0.39, 0.29) is 0 Å². The maximum absolute atomic E-state index is 7.88. The van der Waals surface area contributed by atoms with Crippen LogP contribution in [-0.2, 0) is 9.47 Å². The Labute approximate surface area is 73.4 Å². The lowest BCUT2D eigenvalue weighted by Gasteiger charge is -2.00. The van der Waals surface area contributed by atoms with Crippen molar-refractivity contribution in [3.63, 3.8) is 0 Å². The molecule has 0 aliphatic carbocycles. The molecule has 5 nitrogen and oxygen atoms in total. The van der Waals surface area contributed by atoms with Gasteiger partial charge in [-0.25, -0.2) is 0 Å². The lowest BCUT2D eigenvalue weighted by molar-refractivity contribution is 0.0705. The number of alkyl halides is 1. The van der Waals surface area contributed by atoms with Crippen molar-refractivity contribution >= 4 is 15.9 Å². The van der Waals surface area contributed by atoms with E-state index in [9.17, 15) is 0 Å². The van der Waals surface area contributed by atoms with Crippen LogP contribution < -0.4 is 0 Å². The highest BCUT2D eigenvalue weighted by Crippen LogP contribution is 1.83. The fourth-order valence-electron chi connectivity index (χ4n) is 0.425. The molecule has 6 heteroatoms. The van der Waals surface area contributed by atoms with E-state index in [1.165, 1.54) is 0 Å². The molecule has 0 bridgehead atoms. The molecule has 0 aromatic carbocycles. The molecule has 0 unspecified atom stereocenters. The Balaban J connectivity index is 2.84. The van der Waals surface area contributed by atoms with Crippen molar-refractivity contribution in [1.82, 2.24) is 0 Å². The first-order valence-electron chi connectivity index (χ1n) is 3.14. The highest BCUT2D eigenvalue weighted by atomic mass is 79.9. The third-order valence-electron chi connectivity index (χ3n) is 0.848. The third kappa shape index (κ3) is 9.71. The van der Waals surface area contributed by atoms with Crippen molar-refractivity contribution in [2.45, 2.75) is 0 Å². The molecule has 0 radical (unpaired) electrons. The molecule has 64 valence electrons. The molecule has 0 aromatic rings. The van der Waals surface area contributed by atoms with Crippen LogP contribution in [0.2, 0.25) is 0 Å². The summed E-state index contributed by atoms with van der Waals surface area (Å²) in [7, 11) is 0. The van der Waals surface area contributed by atoms with Crippen LogP contribution in [0.25, 0.3) is 10.4 Å². The first-order valence-corrected chi connectivity index (χ1v) is 4.26. The number of hydrogen-bond donors (Lipinski definition) is 0. The number of azide groups is 1. The highest BCUT2D eigenvalue weighted by Gasteiger charge is 1.86. The summed E-state index contributed by atoms with van der Waals surface area (Å²) in [5.74, 6) is 0. The second-order valence-corrected chi connectivity index (χ2v) is 2.04. The van der Waals surface area contributed by atoms with E-state index in [0.29, 0.717) is 31.9 Å². The summed E-state index contributed by atoms with van der Waals surface area (Å²) in [6, 6.07) is 0. The summed E-state index contributed by atoms with van der Waals surface area (Å²) in [5.41, 5.74) is 8.40. The number of hydrogen-bond acceptors (Lipinski definition) is 3. The van der Waals surface area contributed by atoms with Gasteiger partial charge in [0.15, 0.2) is 0 Å². The molecule has 0 saturated carbocycles. The second kappa shape index (κ2) is 9.71. The van der Waals surface area contributed by atoms with Crippen molar-refractivity contribution in [3.8, 4) is 0 Å². The van der Waals surface area contributed by atoms with E-state index in [4.69, 9.17) is 15.0 Å². The number of ether oxygens (including phenoxy) is 2. The SMILES string of the molecule is [N-]=[N+]=NCCOCCOCBr. The maximum Gasteiger partial charge on any atom is 0.102 e. The van der Waals surface area contributed by atoms with Crippen molar-refractivity contribution < 1.29 is 9.47 Å². The van der Waals surface area contributed by atoms with E-state index >= 15 is 0 Å². The molecule has 0 fully saturated rings. The molecule has 0 rings (SSSR count). The van der Waals surface area contributed by atoms with Crippen molar-refractivity contribution in [2.24, 2.45) is 5.11 Å². The predicted octanol–water partition coefficient (Wildman–Crippen LogP) is 1.68. The predicted molar refractivity (Wildman–Crippen MR) is 44.6 cm³/mol. The third-order valence-corrected chi connectivity index (χ3v) is 1.17. The van der Waals surface area contributed by atoms with Crippen LogP contribution in [0.3, 0.4) is 0 Å². The monoisotopic (exact) mass is 223 g/mol. The Hall–Kier alpha value is -0.290. The number of nitrogens with zero attached hydrogens (tertiary/aromatic N) is 3. The van der Waals surface area contributed by atoms with Gasteiger partial charge in [-0.2, -0.15) is 0 Å². The van der Waals surface area contributed by atoms with E-state index < -0.39 is 0 Å². The molecular formula is C5H10BrN3O2. The Kier molecular flexibility index (Phi) is 9.45.